The summed E-state index contributed by atoms with van der Waals surface area (Å²) < 4.78 is 0.445. The van der Waals surface area contributed by atoms with E-state index in [1.54, 1.807) is 0 Å². The second-order valence-corrected chi connectivity index (χ2v) is 5.45. The molecule has 104 valence electrons. The van der Waals surface area contributed by atoms with Crippen LogP contribution in [0.25, 0.3) is 0 Å². The second-order valence-electron chi connectivity index (χ2n) is 5.45. The molecule has 0 unspecified atom stereocenters. The van der Waals surface area contributed by atoms with Crippen LogP contribution in [0, 0.1) is 0 Å². The minimum absolute atomic E-state index is 0.00869. The first-order valence-electron chi connectivity index (χ1n) is 6.81. The molecular weight excluding hydrogens is 236 g/mol. The molecule has 1 aromatic rings. The molecule has 0 radical (unpaired) electrons. The van der Waals surface area contributed by atoms with Crippen molar-refractivity contribution in [1.82, 2.24) is 5.43 Å². The van der Waals surface area contributed by atoms with Crippen molar-refractivity contribution in [3.8, 4) is 0 Å². The fourth-order valence-corrected chi connectivity index (χ4v) is 1.90. The largest absolute Gasteiger partial charge is 0.291 e. The normalized spacial score (nSPS) is 12.3. The highest BCUT2D eigenvalue weighted by atomic mass is 16.2. The quantitative estimate of drug-likeness (QED) is 0.476. The van der Waals surface area contributed by atoms with Gasteiger partial charge in [0.2, 0.25) is 0 Å². The summed E-state index contributed by atoms with van der Waals surface area (Å²) in [6.45, 7) is 4.75. The molecule has 0 heterocycles. The molecule has 0 fully saturated rings. The van der Waals surface area contributed by atoms with E-state index in [9.17, 15) is 4.79 Å². The molecule has 0 aromatic heterocycles. The van der Waals surface area contributed by atoms with Crippen molar-refractivity contribution in [3.63, 3.8) is 0 Å². The molecule has 19 heavy (non-hydrogen) atoms. The third-order valence-corrected chi connectivity index (χ3v) is 2.92. The lowest BCUT2D eigenvalue weighted by Gasteiger charge is -2.29. The summed E-state index contributed by atoms with van der Waals surface area (Å²) >= 11 is 0. The van der Waals surface area contributed by atoms with Crippen LogP contribution in [0.3, 0.4) is 0 Å². The van der Waals surface area contributed by atoms with Crippen LogP contribution in [0.5, 0.6) is 0 Å². The number of nitrogens with zero attached hydrogens (tertiary/aromatic N) is 1. The predicted molar refractivity (Wildman–Crippen MR) is 79.1 cm³/mol. The molecule has 1 N–H and O–H groups in total. The fourth-order valence-electron chi connectivity index (χ4n) is 1.90. The number of nitrogens with one attached hydrogen (secondary N) is 1. The summed E-state index contributed by atoms with van der Waals surface area (Å²) in [4.78, 5) is 12.1. The SMILES string of the molecule is CCCC=C(C)C(=O)N[N+](C)(C)Cc1ccccc1. The van der Waals surface area contributed by atoms with Crippen LogP contribution in [0.4, 0.5) is 0 Å². The molecule has 1 rings (SSSR count). The van der Waals surface area contributed by atoms with Crippen molar-refractivity contribution in [2.45, 2.75) is 33.2 Å². The van der Waals surface area contributed by atoms with Gasteiger partial charge in [0.15, 0.2) is 0 Å². The number of carbonyl (C=O) groups is 1. The van der Waals surface area contributed by atoms with Gasteiger partial charge in [-0.1, -0.05) is 49.8 Å². The van der Waals surface area contributed by atoms with Gasteiger partial charge in [0.05, 0.1) is 14.1 Å². The van der Waals surface area contributed by atoms with Gasteiger partial charge in [0, 0.05) is 11.1 Å². The Kier molecular flexibility index (Phi) is 5.77. The molecule has 0 spiro atoms. The molecule has 0 aliphatic heterocycles. The molecule has 0 saturated heterocycles. The van der Waals surface area contributed by atoms with Crippen molar-refractivity contribution in [3.05, 3.63) is 47.5 Å². The van der Waals surface area contributed by atoms with Gasteiger partial charge in [-0.05, 0) is 13.3 Å². The first-order valence-corrected chi connectivity index (χ1v) is 6.81. The first kappa shape index (κ1) is 15.4. The molecule has 1 aromatic carbocycles. The van der Waals surface area contributed by atoms with Gasteiger partial charge in [0.25, 0.3) is 5.91 Å². The van der Waals surface area contributed by atoms with Gasteiger partial charge in [-0.25, -0.2) is 4.59 Å². The van der Waals surface area contributed by atoms with E-state index in [0.717, 1.165) is 25.0 Å². The molecule has 3 nitrogen and oxygen atoms in total. The van der Waals surface area contributed by atoms with Gasteiger partial charge in [-0.2, -0.15) is 5.43 Å². The highest BCUT2D eigenvalue weighted by Crippen LogP contribution is 2.07. The third-order valence-electron chi connectivity index (χ3n) is 2.92. The van der Waals surface area contributed by atoms with Gasteiger partial charge >= 0.3 is 0 Å². The smallest absolute Gasteiger partial charge is 0.265 e. The molecule has 0 aliphatic rings. The van der Waals surface area contributed by atoms with Crippen molar-refractivity contribution < 1.29 is 9.39 Å². The van der Waals surface area contributed by atoms with E-state index in [-0.39, 0.29) is 5.91 Å². The second kappa shape index (κ2) is 7.10. The van der Waals surface area contributed by atoms with E-state index in [2.05, 4.69) is 24.5 Å². The molecule has 0 bridgehead atoms. The van der Waals surface area contributed by atoms with Crippen molar-refractivity contribution >= 4 is 5.91 Å². The van der Waals surface area contributed by atoms with Crippen LogP contribution in [0.1, 0.15) is 32.3 Å². The third kappa shape index (κ3) is 5.71. The van der Waals surface area contributed by atoms with Crippen LogP contribution in [-0.4, -0.2) is 24.6 Å². The van der Waals surface area contributed by atoms with Crippen molar-refractivity contribution in [2.24, 2.45) is 0 Å². The number of amides is 1. The average Bonchev–Trinajstić information content (AvgIpc) is 2.35. The summed E-state index contributed by atoms with van der Waals surface area (Å²) in [5.74, 6) is 0.00869. The first-order chi connectivity index (χ1) is 8.94. The van der Waals surface area contributed by atoms with Crippen LogP contribution < -0.4 is 5.43 Å². The minimum atomic E-state index is 0.00869. The summed E-state index contributed by atoms with van der Waals surface area (Å²) in [5.41, 5.74) is 5.05. The lowest BCUT2D eigenvalue weighted by Crippen LogP contribution is -2.53. The van der Waals surface area contributed by atoms with E-state index < -0.39 is 0 Å². The standard InChI is InChI=1S/C16H24N2O/c1-5-6-10-14(2)16(19)17-18(3,4)13-15-11-8-7-9-12-15/h7-12H,5-6,13H2,1-4H3/p+1. The summed E-state index contributed by atoms with van der Waals surface area (Å²) in [5, 5.41) is 0. The number of hydrogen-bond donors (Lipinski definition) is 1. The number of hydrogen-bond acceptors (Lipinski definition) is 1. The van der Waals surface area contributed by atoms with Gasteiger partial charge in [-0.3, -0.25) is 4.79 Å². The van der Waals surface area contributed by atoms with Gasteiger partial charge in [-0.15, -0.1) is 0 Å². The zero-order chi connectivity index (χ0) is 14.3. The van der Waals surface area contributed by atoms with Gasteiger partial charge < -0.3 is 0 Å². The summed E-state index contributed by atoms with van der Waals surface area (Å²) in [6, 6.07) is 10.2. The number of carbonyl (C=O) groups excluding carboxylic acids is 1. The molecule has 1 amide bonds. The number of unbranched alkanes of at least 4 members (excludes halogenated alkanes) is 1. The Morgan fingerprint density at radius 1 is 1.26 bits per heavy atom. The Labute approximate surface area is 116 Å². The zero-order valence-corrected chi connectivity index (χ0v) is 12.4. The molecule has 0 saturated carbocycles. The molecule has 0 aliphatic carbocycles. The Hall–Kier alpha value is -1.61. The Balaban J connectivity index is 2.61. The van der Waals surface area contributed by atoms with E-state index in [1.165, 1.54) is 5.56 Å². The van der Waals surface area contributed by atoms with Crippen LogP contribution in [-0.2, 0) is 11.3 Å². The predicted octanol–water partition coefficient (Wildman–Crippen LogP) is 3.04. The van der Waals surface area contributed by atoms with Crippen LogP contribution in [0.15, 0.2) is 42.0 Å². The monoisotopic (exact) mass is 261 g/mol. The van der Waals surface area contributed by atoms with E-state index >= 15 is 0 Å². The highest BCUT2D eigenvalue weighted by Gasteiger charge is 2.20. The fraction of sp³-hybridized carbons (Fsp3) is 0.438. The Morgan fingerprint density at radius 3 is 2.47 bits per heavy atom. The maximum Gasteiger partial charge on any atom is 0.291 e. The number of quaternary nitrogens is 1. The van der Waals surface area contributed by atoms with E-state index in [1.807, 2.05) is 45.3 Å². The maximum absolute atomic E-state index is 12.1. The topological polar surface area (TPSA) is 29.1 Å². The van der Waals surface area contributed by atoms with Crippen LogP contribution >= 0.6 is 0 Å². The van der Waals surface area contributed by atoms with Crippen LogP contribution in [0.2, 0.25) is 0 Å². The summed E-state index contributed by atoms with van der Waals surface area (Å²) in [7, 11) is 4.00. The lowest BCUT2D eigenvalue weighted by molar-refractivity contribution is -0.937. The van der Waals surface area contributed by atoms with Crippen molar-refractivity contribution in [1.29, 1.82) is 0 Å². The number of rotatable bonds is 6. The zero-order valence-electron chi connectivity index (χ0n) is 12.4. The number of benzene rings is 1. The highest BCUT2D eigenvalue weighted by molar-refractivity contribution is 5.91. The van der Waals surface area contributed by atoms with E-state index in [4.69, 9.17) is 0 Å². The minimum Gasteiger partial charge on any atom is -0.265 e. The maximum atomic E-state index is 12.1. The Morgan fingerprint density at radius 2 is 1.89 bits per heavy atom. The molecule has 3 heteroatoms. The van der Waals surface area contributed by atoms with E-state index in [0.29, 0.717) is 4.59 Å². The van der Waals surface area contributed by atoms with Gasteiger partial charge in [0.1, 0.15) is 6.54 Å². The number of allylic oxidation sites excluding steroid dienone is 1. The Bertz CT molecular complexity index is 435. The van der Waals surface area contributed by atoms with Crippen molar-refractivity contribution in [2.75, 3.05) is 14.1 Å². The molecule has 0 atom stereocenters. The summed E-state index contributed by atoms with van der Waals surface area (Å²) in [6.07, 6.45) is 4.01. The lowest BCUT2D eigenvalue weighted by atomic mass is 10.2. The average molecular weight is 261 g/mol. The molecular formula is C16H25N2O+.